The van der Waals surface area contributed by atoms with Gasteiger partial charge in [-0.15, -0.1) is 11.3 Å². The minimum Gasteiger partial charge on any atom is -0.493 e. The predicted molar refractivity (Wildman–Crippen MR) is 107 cm³/mol. The summed E-state index contributed by atoms with van der Waals surface area (Å²) < 4.78 is 15.8. The number of aromatic nitrogens is 1. The number of rotatable bonds is 5. The number of hydrogen-bond acceptors (Lipinski definition) is 9. The monoisotopic (exact) mass is 399 g/mol. The first-order valence-corrected chi connectivity index (χ1v) is 8.75. The van der Waals surface area contributed by atoms with Crippen LogP contribution in [0.3, 0.4) is 0 Å². The number of nitrogens with one attached hydrogen (secondary N) is 1. The van der Waals surface area contributed by atoms with E-state index in [-0.39, 0.29) is 21.9 Å². The van der Waals surface area contributed by atoms with Gasteiger partial charge < -0.3 is 31.0 Å². The molecule has 2 aromatic heterocycles. The molecular weight excluding hydrogens is 382 g/mol. The van der Waals surface area contributed by atoms with Crippen LogP contribution in [0.15, 0.2) is 18.2 Å². The first kappa shape index (κ1) is 19.1. The fourth-order valence-corrected chi connectivity index (χ4v) is 3.63. The number of hydrogen-bond donors (Lipinski definition) is 3. The van der Waals surface area contributed by atoms with Gasteiger partial charge in [-0.05, 0) is 6.07 Å². The Labute approximate surface area is 164 Å². The highest BCUT2D eigenvalue weighted by molar-refractivity contribution is 7.21. The molecule has 9 nitrogen and oxygen atoms in total. The number of carbonyl (C=O) groups excluding carboxylic acids is 1. The largest absolute Gasteiger partial charge is 0.493 e. The third kappa shape index (κ3) is 3.19. The average molecular weight is 399 g/mol. The number of fused-ring (bicyclic) bond motifs is 1. The molecule has 28 heavy (non-hydrogen) atoms. The standard InChI is InChI=1S/C18H17N5O4S/c1-25-11-5-9(6-12(26-2)14(11)27-3)22-17(24)15-13(20)10-4-8(7-19)16(21)23-18(10)28-15/h4-6H,20H2,1-3H3,(H2,21,23)(H,22,24). The Morgan fingerprint density at radius 2 is 1.79 bits per heavy atom. The molecule has 2 heterocycles. The molecule has 1 amide bonds. The summed E-state index contributed by atoms with van der Waals surface area (Å²) in [7, 11) is 4.45. The van der Waals surface area contributed by atoms with Gasteiger partial charge in [0.1, 0.15) is 21.6 Å². The summed E-state index contributed by atoms with van der Waals surface area (Å²) >= 11 is 1.09. The molecule has 0 aliphatic carbocycles. The second-order valence-corrected chi connectivity index (χ2v) is 6.60. The fourth-order valence-electron chi connectivity index (χ4n) is 2.65. The van der Waals surface area contributed by atoms with Crippen molar-refractivity contribution in [1.29, 1.82) is 5.26 Å². The molecule has 5 N–H and O–H groups in total. The molecule has 0 fully saturated rings. The van der Waals surface area contributed by atoms with Crippen molar-refractivity contribution in [3.63, 3.8) is 0 Å². The van der Waals surface area contributed by atoms with Crippen molar-refractivity contribution < 1.29 is 19.0 Å². The van der Waals surface area contributed by atoms with Crippen molar-refractivity contribution in [2.24, 2.45) is 0 Å². The molecule has 144 valence electrons. The lowest BCUT2D eigenvalue weighted by Crippen LogP contribution is -2.12. The molecule has 3 aromatic rings. The van der Waals surface area contributed by atoms with E-state index < -0.39 is 5.91 Å². The van der Waals surface area contributed by atoms with E-state index in [4.69, 9.17) is 30.9 Å². The van der Waals surface area contributed by atoms with Gasteiger partial charge in [0.25, 0.3) is 5.91 Å². The van der Waals surface area contributed by atoms with Crippen LogP contribution in [0.25, 0.3) is 10.2 Å². The highest BCUT2D eigenvalue weighted by Gasteiger charge is 2.20. The number of thiophene rings is 1. The van der Waals surface area contributed by atoms with Crippen LogP contribution in [-0.2, 0) is 0 Å². The highest BCUT2D eigenvalue weighted by atomic mass is 32.1. The van der Waals surface area contributed by atoms with Gasteiger partial charge in [0.15, 0.2) is 11.5 Å². The van der Waals surface area contributed by atoms with Crippen LogP contribution in [0.1, 0.15) is 15.2 Å². The second-order valence-electron chi connectivity index (χ2n) is 5.60. The Morgan fingerprint density at radius 3 is 2.32 bits per heavy atom. The first-order chi connectivity index (χ1) is 13.4. The van der Waals surface area contributed by atoms with Crippen molar-refractivity contribution in [2.75, 3.05) is 38.1 Å². The number of nitrogens with zero attached hydrogens (tertiary/aromatic N) is 2. The van der Waals surface area contributed by atoms with E-state index in [9.17, 15) is 4.79 Å². The van der Waals surface area contributed by atoms with Crippen molar-refractivity contribution in [2.45, 2.75) is 0 Å². The van der Waals surface area contributed by atoms with Gasteiger partial charge in [-0.2, -0.15) is 5.26 Å². The quantitative estimate of drug-likeness (QED) is 0.593. The summed E-state index contributed by atoms with van der Waals surface area (Å²) in [6.45, 7) is 0. The minimum atomic E-state index is -0.438. The zero-order valence-electron chi connectivity index (χ0n) is 15.3. The minimum absolute atomic E-state index is 0.0906. The summed E-state index contributed by atoms with van der Waals surface area (Å²) in [5, 5.41) is 12.4. The number of nitrogens with two attached hydrogens (primary N) is 2. The summed E-state index contributed by atoms with van der Waals surface area (Å²) in [5.41, 5.74) is 12.7. The normalized spacial score (nSPS) is 10.4. The van der Waals surface area contributed by atoms with E-state index in [2.05, 4.69) is 10.3 Å². The molecule has 0 radical (unpaired) electrons. The summed E-state index contributed by atoms with van der Waals surface area (Å²) in [6.07, 6.45) is 0. The van der Waals surface area contributed by atoms with Crippen LogP contribution in [0.2, 0.25) is 0 Å². The predicted octanol–water partition coefficient (Wildman–Crippen LogP) is 2.61. The number of nitrogen functional groups attached to an aromatic ring is 2. The Kier molecular flexibility index (Phi) is 5.10. The van der Waals surface area contributed by atoms with Gasteiger partial charge in [-0.3, -0.25) is 4.79 Å². The molecule has 0 aliphatic rings. The number of methoxy groups -OCH3 is 3. The van der Waals surface area contributed by atoms with E-state index in [1.165, 1.54) is 27.4 Å². The third-order valence-corrected chi connectivity index (χ3v) is 5.11. The molecule has 0 saturated carbocycles. The maximum Gasteiger partial charge on any atom is 0.267 e. The van der Waals surface area contributed by atoms with Crippen molar-refractivity contribution in [1.82, 2.24) is 4.98 Å². The van der Waals surface area contributed by atoms with E-state index in [1.807, 2.05) is 6.07 Å². The topological polar surface area (TPSA) is 146 Å². The summed E-state index contributed by atoms with van der Waals surface area (Å²) in [6, 6.07) is 6.69. The Morgan fingerprint density at radius 1 is 1.14 bits per heavy atom. The Bertz CT molecular complexity index is 1090. The van der Waals surface area contributed by atoms with Crippen LogP contribution in [0.4, 0.5) is 17.2 Å². The number of carbonyl (C=O) groups is 1. The molecule has 0 spiro atoms. The summed E-state index contributed by atoms with van der Waals surface area (Å²) in [4.78, 5) is 17.7. The zero-order chi connectivity index (χ0) is 20.4. The SMILES string of the molecule is COc1cc(NC(=O)c2sc3nc(N)c(C#N)cc3c2N)cc(OC)c1OC. The second kappa shape index (κ2) is 7.50. The third-order valence-electron chi connectivity index (χ3n) is 4.00. The lowest BCUT2D eigenvalue weighted by Gasteiger charge is -2.14. The zero-order valence-corrected chi connectivity index (χ0v) is 16.1. The van der Waals surface area contributed by atoms with Gasteiger partial charge in [0.2, 0.25) is 5.75 Å². The number of pyridine rings is 1. The van der Waals surface area contributed by atoms with E-state index >= 15 is 0 Å². The Balaban J connectivity index is 2.00. The number of amides is 1. The molecule has 1 aromatic carbocycles. The highest BCUT2D eigenvalue weighted by Crippen LogP contribution is 2.40. The average Bonchev–Trinajstić information content (AvgIpc) is 3.01. The van der Waals surface area contributed by atoms with Crippen LogP contribution in [0, 0.1) is 11.3 Å². The molecule has 0 bridgehead atoms. The van der Waals surface area contributed by atoms with E-state index in [0.717, 1.165) is 11.3 Å². The van der Waals surface area contributed by atoms with E-state index in [1.54, 1.807) is 12.1 Å². The fraction of sp³-hybridized carbons (Fsp3) is 0.167. The number of anilines is 3. The van der Waals surface area contributed by atoms with Crippen molar-refractivity contribution >= 4 is 44.7 Å². The Hall–Kier alpha value is -3.71. The van der Waals surface area contributed by atoms with Crippen molar-refractivity contribution in [3.8, 4) is 23.3 Å². The summed E-state index contributed by atoms with van der Waals surface area (Å²) in [5.74, 6) is 0.858. The van der Waals surface area contributed by atoms with Gasteiger partial charge >= 0.3 is 0 Å². The molecule has 0 unspecified atom stereocenters. The molecule has 10 heteroatoms. The molecule has 0 atom stereocenters. The molecule has 0 aliphatic heterocycles. The van der Waals surface area contributed by atoms with Crippen LogP contribution >= 0.6 is 11.3 Å². The number of ether oxygens (including phenoxy) is 3. The molecule has 0 saturated heterocycles. The first-order valence-electron chi connectivity index (χ1n) is 7.93. The van der Waals surface area contributed by atoms with Crippen LogP contribution in [-0.4, -0.2) is 32.2 Å². The van der Waals surface area contributed by atoms with Gasteiger partial charge in [-0.1, -0.05) is 0 Å². The number of benzene rings is 1. The van der Waals surface area contributed by atoms with Crippen molar-refractivity contribution in [3.05, 3.63) is 28.6 Å². The lowest BCUT2D eigenvalue weighted by atomic mass is 10.2. The van der Waals surface area contributed by atoms with Crippen LogP contribution < -0.4 is 31.0 Å². The maximum absolute atomic E-state index is 12.8. The lowest BCUT2D eigenvalue weighted by molar-refractivity contribution is 0.103. The smallest absolute Gasteiger partial charge is 0.267 e. The maximum atomic E-state index is 12.8. The molecule has 3 rings (SSSR count). The molecular formula is C18H17N5O4S. The van der Waals surface area contributed by atoms with Gasteiger partial charge in [0.05, 0.1) is 32.6 Å². The number of nitriles is 1. The van der Waals surface area contributed by atoms with Crippen LogP contribution in [0.5, 0.6) is 17.2 Å². The van der Waals surface area contributed by atoms with Gasteiger partial charge in [0, 0.05) is 23.2 Å². The van der Waals surface area contributed by atoms with Gasteiger partial charge in [-0.25, -0.2) is 4.98 Å². The van der Waals surface area contributed by atoms with E-state index in [0.29, 0.717) is 33.2 Å².